The molecule has 3 atom stereocenters. The van der Waals surface area contributed by atoms with E-state index in [-0.39, 0.29) is 11.8 Å². The molecule has 1 N–H and O–H groups in total. The molecule has 3 heteroatoms. The van der Waals surface area contributed by atoms with Gasteiger partial charge in [0, 0.05) is 11.6 Å². The summed E-state index contributed by atoms with van der Waals surface area (Å²) >= 11 is 0. The van der Waals surface area contributed by atoms with Crippen LogP contribution in [0.3, 0.4) is 0 Å². The van der Waals surface area contributed by atoms with Crippen molar-refractivity contribution in [2.45, 2.75) is 32.2 Å². The molecule has 0 aromatic heterocycles. The van der Waals surface area contributed by atoms with Gasteiger partial charge in [0.2, 0.25) is 0 Å². The van der Waals surface area contributed by atoms with E-state index in [9.17, 15) is 9.90 Å². The molecule has 0 fully saturated rings. The molecule has 18 heavy (non-hydrogen) atoms. The first-order chi connectivity index (χ1) is 8.59. The number of aryl methyl sites for hydroxylation is 2. The summed E-state index contributed by atoms with van der Waals surface area (Å²) < 4.78 is 0. The minimum atomic E-state index is -1.000. The fraction of sp³-hybridized carbons (Fsp3) is 0.400. The van der Waals surface area contributed by atoms with Gasteiger partial charge in [-0.2, -0.15) is 0 Å². The fourth-order valence-electron chi connectivity index (χ4n) is 3.28. The second-order valence-electron chi connectivity index (χ2n) is 5.28. The van der Waals surface area contributed by atoms with Crippen LogP contribution in [0.2, 0.25) is 0 Å². The molecule has 1 aliphatic carbocycles. The highest BCUT2D eigenvalue weighted by Crippen LogP contribution is 2.46. The molecule has 0 saturated heterocycles. The average Bonchev–Trinajstić information content (AvgIpc) is 2.81. The molecule has 94 valence electrons. The van der Waals surface area contributed by atoms with Crippen LogP contribution in [0.1, 0.15) is 29.0 Å². The Morgan fingerprint density at radius 2 is 2.06 bits per heavy atom. The number of hydrogen-bond acceptors (Lipinski definition) is 3. The lowest BCUT2D eigenvalue weighted by Gasteiger charge is -2.39. The lowest BCUT2D eigenvalue weighted by Crippen LogP contribution is -2.49. The monoisotopic (exact) mass is 242 g/mol. The predicted octanol–water partition coefficient (Wildman–Crippen LogP) is 1.51. The number of hydrogen-bond donors (Lipinski definition) is 1. The number of anilines is 1. The van der Waals surface area contributed by atoms with Crippen molar-refractivity contribution in [3.8, 4) is 0 Å². The lowest BCUT2D eigenvalue weighted by atomic mass is 9.77. The van der Waals surface area contributed by atoms with Crippen LogP contribution in [0.4, 0.5) is 5.69 Å². The third-order valence-electron chi connectivity index (χ3n) is 4.20. The van der Waals surface area contributed by atoms with Gasteiger partial charge in [-0.25, -0.2) is 0 Å². The van der Waals surface area contributed by atoms with Gasteiger partial charge >= 0.3 is 0 Å². The number of allylic oxidation sites excluding steroid dienone is 2. The molecule has 0 radical (unpaired) electrons. The smallest absolute Gasteiger partial charge is 0.0698 e. The molecule has 1 aromatic carbocycles. The minimum absolute atomic E-state index is 0.0861. The maximum absolute atomic E-state index is 11.3. The highest BCUT2D eigenvalue weighted by molar-refractivity contribution is 5.80. The molecule has 0 saturated carbocycles. The number of carbonyl (C=O) groups excluding carboxylic acids is 1. The standard InChI is InChI=1S/C15H17NO2/c1-8-6-7-9(2)13-12(8)10-4-3-5-11(10)14(16-13)15(17)18/h3-4,6-7,10-11,14,16H,5H2,1-2H3,(H,17,18)/p-1/t10-,11+,14-/m1/s1. The van der Waals surface area contributed by atoms with Crippen molar-refractivity contribution in [3.05, 3.63) is 41.0 Å². The van der Waals surface area contributed by atoms with E-state index >= 15 is 0 Å². The van der Waals surface area contributed by atoms with E-state index in [1.165, 1.54) is 11.1 Å². The topological polar surface area (TPSA) is 52.2 Å². The summed E-state index contributed by atoms with van der Waals surface area (Å²) in [5.41, 5.74) is 4.56. The molecule has 3 rings (SSSR count). The number of carbonyl (C=O) groups is 1. The Hall–Kier alpha value is -1.77. The Bertz CT molecular complexity index is 548. The largest absolute Gasteiger partial charge is 0.548 e. The Morgan fingerprint density at radius 3 is 2.78 bits per heavy atom. The number of rotatable bonds is 1. The molecule has 1 aromatic rings. The van der Waals surface area contributed by atoms with Crippen molar-refractivity contribution < 1.29 is 9.90 Å². The summed E-state index contributed by atoms with van der Waals surface area (Å²) in [6.07, 6.45) is 5.04. The molecule has 1 heterocycles. The summed E-state index contributed by atoms with van der Waals surface area (Å²) in [5, 5.41) is 14.5. The molecule has 1 aliphatic heterocycles. The van der Waals surface area contributed by atoms with Crippen LogP contribution < -0.4 is 10.4 Å². The number of carboxylic acids is 1. The van der Waals surface area contributed by atoms with Crippen molar-refractivity contribution in [1.29, 1.82) is 0 Å². The van der Waals surface area contributed by atoms with E-state index < -0.39 is 12.0 Å². The number of benzene rings is 1. The molecule has 0 bridgehead atoms. The molecule has 0 spiro atoms. The van der Waals surface area contributed by atoms with Gasteiger partial charge in [0.05, 0.1) is 12.0 Å². The SMILES string of the molecule is Cc1ccc(C)c2c1N[C@@H](C(=O)[O-])[C@H]1CC=C[C@@H]21. The van der Waals surface area contributed by atoms with Crippen molar-refractivity contribution in [2.75, 3.05) is 5.32 Å². The third kappa shape index (κ3) is 1.47. The zero-order valence-electron chi connectivity index (χ0n) is 10.6. The zero-order chi connectivity index (χ0) is 12.9. The fourth-order valence-corrected chi connectivity index (χ4v) is 3.28. The molecular formula is C15H16NO2-. The summed E-state index contributed by atoms with van der Waals surface area (Å²) in [7, 11) is 0. The first-order valence-electron chi connectivity index (χ1n) is 6.33. The van der Waals surface area contributed by atoms with Crippen LogP contribution in [0.5, 0.6) is 0 Å². The minimum Gasteiger partial charge on any atom is -0.548 e. The van der Waals surface area contributed by atoms with Crippen LogP contribution in [0, 0.1) is 19.8 Å². The van der Waals surface area contributed by atoms with Crippen LogP contribution in [-0.4, -0.2) is 12.0 Å². The first-order valence-corrected chi connectivity index (χ1v) is 6.33. The number of nitrogens with one attached hydrogen (secondary N) is 1. The highest BCUT2D eigenvalue weighted by atomic mass is 16.4. The van der Waals surface area contributed by atoms with E-state index in [1.807, 2.05) is 13.0 Å². The normalized spacial score (nSPS) is 28.4. The quantitative estimate of drug-likeness (QED) is 0.759. The Balaban J connectivity index is 2.17. The van der Waals surface area contributed by atoms with Gasteiger partial charge in [0.1, 0.15) is 0 Å². The van der Waals surface area contributed by atoms with E-state index in [0.717, 1.165) is 17.7 Å². The van der Waals surface area contributed by atoms with Gasteiger partial charge in [-0.3, -0.25) is 0 Å². The lowest BCUT2D eigenvalue weighted by molar-refractivity contribution is -0.308. The van der Waals surface area contributed by atoms with Crippen LogP contribution in [-0.2, 0) is 4.79 Å². The third-order valence-corrected chi connectivity index (χ3v) is 4.20. The summed E-state index contributed by atoms with van der Waals surface area (Å²) in [5.74, 6) is -0.702. The predicted molar refractivity (Wildman–Crippen MR) is 68.3 cm³/mol. The van der Waals surface area contributed by atoms with Crippen LogP contribution >= 0.6 is 0 Å². The van der Waals surface area contributed by atoms with Crippen LogP contribution in [0.25, 0.3) is 0 Å². The van der Waals surface area contributed by atoms with Gasteiger partial charge in [0.25, 0.3) is 0 Å². The van der Waals surface area contributed by atoms with E-state index in [1.54, 1.807) is 0 Å². The van der Waals surface area contributed by atoms with Gasteiger partial charge in [-0.05, 0) is 42.9 Å². The Kier molecular flexibility index (Phi) is 2.44. The molecule has 2 aliphatic rings. The van der Waals surface area contributed by atoms with Crippen LogP contribution in [0.15, 0.2) is 24.3 Å². The van der Waals surface area contributed by atoms with Crippen molar-refractivity contribution in [1.82, 2.24) is 0 Å². The van der Waals surface area contributed by atoms with Gasteiger partial charge in [0.15, 0.2) is 0 Å². The first kappa shape index (κ1) is 11.3. The number of aliphatic carboxylic acids is 1. The van der Waals surface area contributed by atoms with Crippen molar-refractivity contribution in [2.24, 2.45) is 5.92 Å². The van der Waals surface area contributed by atoms with Crippen molar-refractivity contribution >= 4 is 11.7 Å². The van der Waals surface area contributed by atoms with Crippen molar-refractivity contribution in [3.63, 3.8) is 0 Å². The molecule has 0 unspecified atom stereocenters. The summed E-state index contributed by atoms with van der Waals surface area (Å²) in [6, 6.07) is 3.56. The highest BCUT2D eigenvalue weighted by Gasteiger charge is 2.38. The molecular weight excluding hydrogens is 226 g/mol. The zero-order valence-corrected chi connectivity index (χ0v) is 10.6. The number of carboxylic acid groups (broad SMARTS) is 1. The molecule has 3 nitrogen and oxygen atoms in total. The second-order valence-corrected chi connectivity index (χ2v) is 5.28. The van der Waals surface area contributed by atoms with Gasteiger partial charge < -0.3 is 15.2 Å². The van der Waals surface area contributed by atoms with Gasteiger partial charge in [-0.1, -0.05) is 24.3 Å². The number of fused-ring (bicyclic) bond motifs is 3. The Morgan fingerprint density at radius 1 is 1.33 bits per heavy atom. The second kappa shape index (κ2) is 3.87. The maximum atomic E-state index is 11.3. The van der Waals surface area contributed by atoms with E-state index in [4.69, 9.17) is 0 Å². The summed E-state index contributed by atoms with van der Waals surface area (Å²) in [4.78, 5) is 11.3. The van der Waals surface area contributed by atoms with E-state index in [0.29, 0.717) is 0 Å². The Labute approximate surface area is 107 Å². The summed E-state index contributed by atoms with van der Waals surface area (Å²) in [6.45, 7) is 4.10. The van der Waals surface area contributed by atoms with Gasteiger partial charge in [-0.15, -0.1) is 0 Å². The van der Waals surface area contributed by atoms with E-state index in [2.05, 4.69) is 30.5 Å². The molecule has 0 amide bonds. The average molecular weight is 242 g/mol. The maximum Gasteiger partial charge on any atom is 0.0698 e.